The van der Waals surface area contributed by atoms with E-state index in [1.54, 1.807) is 6.26 Å². The van der Waals surface area contributed by atoms with Crippen LogP contribution in [0.2, 0.25) is 0 Å². The Morgan fingerprint density at radius 3 is 2.93 bits per heavy atom. The SMILES string of the molecule is CCNC(C1=CCCO1)c1ccoc1C. The normalized spacial score (nSPS) is 17.3. The Bertz CT molecular complexity index is 354. The number of nitrogens with one attached hydrogen (secondary N) is 1. The topological polar surface area (TPSA) is 34.4 Å². The van der Waals surface area contributed by atoms with E-state index in [0.717, 1.165) is 31.1 Å². The molecule has 15 heavy (non-hydrogen) atoms. The molecule has 3 heteroatoms. The second-order valence-electron chi connectivity index (χ2n) is 3.67. The highest BCUT2D eigenvalue weighted by atomic mass is 16.5. The van der Waals surface area contributed by atoms with Gasteiger partial charge in [-0.1, -0.05) is 6.92 Å². The minimum Gasteiger partial charge on any atom is -0.496 e. The molecule has 82 valence electrons. The molecule has 1 aliphatic rings. The first-order chi connectivity index (χ1) is 7.33. The molecule has 0 bridgehead atoms. The minimum atomic E-state index is 0.149. The molecule has 0 spiro atoms. The molecule has 1 aromatic heterocycles. The van der Waals surface area contributed by atoms with Gasteiger partial charge in [0.15, 0.2) is 0 Å². The van der Waals surface area contributed by atoms with E-state index in [2.05, 4.69) is 18.3 Å². The number of likely N-dealkylation sites (N-methyl/N-ethyl adjacent to an activating group) is 1. The van der Waals surface area contributed by atoms with Gasteiger partial charge >= 0.3 is 0 Å². The predicted molar refractivity (Wildman–Crippen MR) is 58.5 cm³/mol. The number of furan rings is 1. The van der Waals surface area contributed by atoms with Gasteiger partial charge in [0.25, 0.3) is 0 Å². The monoisotopic (exact) mass is 207 g/mol. The third kappa shape index (κ3) is 2.07. The van der Waals surface area contributed by atoms with Gasteiger partial charge in [0.1, 0.15) is 11.5 Å². The van der Waals surface area contributed by atoms with Crippen LogP contribution in [0.1, 0.15) is 30.7 Å². The number of hydrogen-bond acceptors (Lipinski definition) is 3. The van der Waals surface area contributed by atoms with Gasteiger partial charge in [-0.15, -0.1) is 0 Å². The van der Waals surface area contributed by atoms with Crippen molar-refractivity contribution >= 4 is 0 Å². The number of hydrogen-bond donors (Lipinski definition) is 1. The van der Waals surface area contributed by atoms with E-state index in [4.69, 9.17) is 9.15 Å². The van der Waals surface area contributed by atoms with Crippen LogP contribution in [0.25, 0.3) is 0 Å². The van der Waals surface area contributed by atoms with Crippen LogP contribution >= 0.6 is 0 Å². The highest BCUT2D eigenvalue weighted by molar-refractivity contribution is 5.28. The van der Waals surface area contributed by atoms with Crippen LogP contribution in [0, 0.1) is 6.92 Å². The third-order valence-corrected chi connectivity index (χ3v) is 2.63. The van der Waals surface area contributed by atoms with Gasteiger partial charge in [-0.2, -0.15) is 0 Å². The van der Waals surface area contributed by atoms with Gasteiger partial charge in [-0.3, -0.25) is 0 Å². The average molecular weight is 207 g/mol. The molecule has 0 fully saturated rings. The van der Waals surface area contributed by atoms with Gasteiger partial charge in [0, 0.05) is 12.0 Å². The summed E-state index contributed by atoms with van der Waals surface area (Å²) in [6.45, 7) is 5.79. The van der Waals surface area contributed by atoms with Crippen molar-refractivity contribution in [2.24, 2.45) is 0 Å². The lowest BCUT2D eigenvalue weighted by molar-refractivity contribution is 0.215. The van der Waals surface area contributed by atoms with Gasteiger partial charge in [-0.25, -0.2) is 0 Å². The predicted octanol–water partition coefficient (Wildman–Crippen LogP) is 2.54. The van der Waals surface area contributed by atoms with Crippen LogP contribution in [-0.4, -0.2) is 13.2 Å². The van der Waals surface area contributed by atoms with Gasteiger partial charge in [-0.05, 0) is 25.6 Å². The first-order valence-electron chi connectivity index (χ1n) is 5.43. The van der Waals surface area contributed by atoms with Crippen molar-refractivity contribution in [2.45, 2.75) is 26.3 Å². The smallest absolute Gasteiger partial charge is 0.114 e. The van der Waals surface area contributed by atoms with Crippen LogP contribution in [0.5, 0.6) is 0 Å². The molecule has 0 saturated carbocycles. The zero-order valence-corrected chi connectivity index (χ0v) is 9.25. The molecule has 3 nitrogen and oxygen atoms in total. The van der Waals surface area contributed by atoms with Crippen LogP contribution in [0.15, 0.2) is 28.6 Å². The fourth-order valence-electron chi connectivity index (χ4n) is 1.90. The van der Waals surface area contributed by atoms with Crippen molar-refractivity contribution in [2.75, 3.05) is 13.2 Å². The molecule has 1 aliphatic heterocycles. The minimum absolute atomic E-state index is 0.149. The van der Waals surface area contributed by atoms with E-state index < -0.39 is 0 Å². The van der Waals surface area contributed by atoms with Crippen LogP contribution in [-0.2, 0) is 4.74 Å². The Balaban J connectivity index is 2.23. The lowest BCUT2D eigenvalue weighted by atomic mass is 10.1. The van der Waals surface area contributed by atoms with E-state index in [1.807, 2.05) is 13.0 Å². The third-order valence-electron chi connectivity index (χ3n) is 2.63. The van der Waals surface area contributed by atoms with Crippen LogP contribution < -0.4 is 5.32 Å². The maximum absolute atomic E-state index is 5.60. The van der Waals surface area contributed by atoms with Crippen LogP contribution in [0.4, 0.5) is 0 Å². The lowest BCUT2D eigenvalue weighted by Crippen LogP contribution is -2.23. The second-order valence-corrected chi connectivity index (χ2v) is 3.67. The number of rotatable bonds is 4. The summed E-state index contributed by atoms with van der Waals surface area (Å²) in [7, 11) is 0. The average Bonchev–Trinajstić information content (AvgIpc) is 2.85. The van der Waals surface area contributed by atoms with Crippen LogP contribution in [0.3, 0.4) is 0 Å². The molecule has 1 N–H and O–H groups in total. The van der Waals surface area contributed by atoms with Gasteiger partial charge in [0.2, 0.25) is 0 Å². The first-order valence-corrected chi connectivity index (χ1v) is 5.43. The molecular weight excluding hydrogens is 190 g/mol. The van der Waals surface area contributed by atoms with Crippen molar-refractivity contribution in [3.8, 4) is 0 Å². The zero-order valence-electron chi connectivity index (χ0n) is 9.25. The van der Waals surface area contributed by atoms with Crippen molar-refractivity contribution in [1.29, 1.82) is 0 Å². The van der Waals surface area contributed by atoms with Crippen molar-refractivity contribution in [3.05, 3.63) is 35.5 Å². The first kappa shape index (κ1) is 10.3. The molecule has 0 aliphatic carbocycles. The molecule has 2 heterocycles. The van der Waals surface area contributed by atoms with E-state index in [0.29, 0.717) is 0 Å². The van der Waals surface area contributed by atoms with E-state index in [-0.39, 0.29) is 6.04 Å². The van der Waals surface area contributed by atoms with E-state index in [9.17, 15) is 0 Å². The molecule has 1 unspecified atom stereocenters. The summed E-state index contributed by atoms with van der Waals surface area (Å²) in [6.07, 6.45) is 4.89. The van der Waals surface area contributed by atoms with Crippen molar-refractivity contribution in [3.63, 3.8) is 0 Å². The number of aryl methyl sites for hydroxylation is 1. The highest BCUT2D eigenvalue weighted by Gasteiger charge is 2.22. The summed E-state index contributed by atoms with van der Waals surface area (Å²) in [5, 5.41) is 3.41. The lowest BCUT2D eigenvalue weighted by Gasteiger charge is -2.18. The highest BCUT2D eigenvalue weighted by Crippen LogP contribution is 2.28. The maximum atomic E-state index is 5.60. The molecule has 1 aromatic rings. The van der Waals surface area contributed by atoms with Crippen molar-refractivity contribution < 1.29 is 9.15 Å². The quantitative estimate of drug-likeness (QED) is 0.823. The Morgan fingerprint density at radius 2 is 2.40 bits per heavy atom. The van der Waals surface area contributed by atoms with E-state index >= 15 is 0 Å². The Labute approximate surface area is 90.1 Å². The Hall–Kier alpha value is -1.22. The molecular formula is C12H17NO2. The summed E-state index contributed by atoms with van der Waals surface area (Å²) in [6, 6.07) is 2.15. The number of ether oxygens (including phenoxy) is 1. The molecule has 1 atom stereocenters. The molecule has 2 rings (SSSR count). The van der Waals surface area contributed by atoms with E-state index in [1.165, 1.54) is 5.56 Å². The van der Waals surface area contributed by atoms with Gasteiger partial charge in [0.05, 0.1) is 18.9 Å². The summed E-state index contributed by atoms with van der Waals surface area (Å²) >= 11 is 0. The maximum Gasteiger partial charge on any atom is 0.114 e. The second kappa shape index (κ2) is 4.53. The van der Waals surface area contributed by atoms with Crippen molar-refractivity contribution in [1.82, 2.24) is 5.32 Å². The fourth-order valence-corrected chi connectivity index (χ4v) is 1.90. The standard InChI is InChI=1S/C12H17NO2/c1-3-13-12(11-5-4-7-15-11)10-6-8-14-9(10)2/h5-6,8,12-13H,3-4,7H2,1-2H3. The zero-order chi connectivity index (χ0) is 10.7. The summed E-state index contributed by atoms with van der Waals surface area (Å²) in [5.74, 6) is 1.98. The fraction of sp³-hybridized carbons (Fsp3) is 0.500. The summed E-state index contributed by atoms with van der Waals surface area (Å²) < 4.78 is 10.9. The Kier molecular flexibility index (Phi) is 3.11. The van der Waals surface area contributed by atoms with Gasteiger partial charge < -0.3 is 14.5 Å². The molecule has 0 aromatic carbocycles. The Morgan fingerprint density at radius 1 is 1.53 bits per heavy atom. The molecule has 0 amide bonds. The summed E-state index contributed by atoms with van der Waals surface area (Å²) in [5.41, 5.74) is 1.17. The summed E-state index contributed by atoms with van der Waals surface area (Å²) in [4.78, 5) is 0. The molecule has 0 saturated heterocycles. The molecule has 0 radical (unpaired) electrons. The largest absolute Gasteiger partial charge is 0.496 e.